The quantitative estimate of drug-likeness (QED) is 0.507. The van der Waals surface area contributed by atoms with E-state index in [0.29, 0.717) is 11.0 Å². The molecule has 0 saturated carbocycles. The number of hydrogen-bond donors (Lipinski definition) is 1. The number of hydrogen-bond acceptors (Lipinski definition) is 7. The molecule has 0 radical (unpaired) electrons. The Labute approximate surface area is 196 Å². The van der Waals surface area contributed by atoms with Crippen LogP contribution in [0.1, 0.15) is 30.4 Å². The third kappa shape index (κ3) is 5.51. The molecular weight excluding hydrogens is 478 g/mol. The molecule has 34 heavy (non-hydrogen) atoms. The van der Waals surface area contributed by atoms with E-state index in [-0.39, 0.29) is 29.0 Å². The second kappa shape index (κ2) is 9.28. The van der Waals surface area contributed by atoms with Crippen LogP contribution in [0, 0.1) is 5.82 Å². The topological polar surface area (TPSA) is 91.2 Å². The van der Waals surface area contributed by atoms with Crippen LogP contribution in [0.4, 0.5) is 17.6 Å². The minimum atomic E-state index is -4.63. The highest BCUT2D eigenvalue weighted by atomic mass is 32.2. The Morgan fingerprint density at radius 2 is 1.97 bits per heavy atom. The van der Waals surface area contributed by atoms with Gasteiger partial charge in [-0.05, 0) is 31.3 Å². The number of aromatic nitrogens is 4. The largest absolute Gasteiger partial charge is 0.478 e. The first-order valence-electron chi connectivity index (χ1n) is 10.3. The lowest BCUT2D eigenvalue weighted by atomic mass is 9.95. The number of halogens is 4. The Bertz CT molecular complexity index is 1210. The van der Waals surface area contributed by atoms with E-state index >= 15 is 0 Å². The van der Waals surface area contributed by atoms with Crippen molar-refractivity contribution in [1.82, 2.24) is 24.8 Å². The molecule has 1 saturated heterocycles. The van der Waals surface area contributed by atoms with Gasteiger partial charge in [0.1, 0.15) is 11.3 Å². The molecule has 4 rings (SSSR count). The Balaban J connectivity index is 1.57. The van der Waals surface area contributed by atoms with E-state index in [1.165, 1.54) is 12.3 Å². The fraction of sp³-hybridized carbons (Fsp3) is 0.429. The molecule has 1 aliphatic heterocycles. The lowest BCUT2D eigenvalue weighted by Gasteiger charge is -2.34. The number of carbonyl (C=O) groups is 1. The molecular formula is C21H21F4N5O3S. The molecule has 0 bridgehead atoms. The first-order valence-corrected chi connectivity index (χ1v) is 11.4. The van der Waals surface area contributed by atoms with Gasteiger partial charge in [0.05, 0.1) is 17.9 Å². The summed E-state index contributed by atoms with van der Waals surface area (Å²) in [6.07, 6.45) is -0.766. The molecule has 1 fully saturated rings. The summed E-state index contributed by atoms with van der Waals surface area (Å²) in [6, 6.07) is 2.19. The maximum Gasteiger partial charge on any atom is 0.422 e. The summed E-state index contributed by atoms with van der Waals surface area (Å²) in [6.45, 7) is 0.369. The molecule has 0 unspecified atom stereocenters. The number of rotatable bonds is 6. The predicted octanol–water partition coefficient (Wildman–Crippen LogP) is 4.25. The molecule has 3 aromatic rings. The highest BCUT2D eigenvalue weighted by Crippen LogP contribution is 2.32. The Morgan fingerprint density at radius 3 is 2.68 bits per heavy atom. The number of aryl methyl sites for hydroxylation is 1. The van der Waals surface area contributed by atoms with Crippen LogP contribution in [0.2, 0.25) is 0 Å². The van der Waals surface area contributed by atoms with Crippen LogP contribution in [0.25, 0.3) is 11.0 Å². The van der Waals surface area contributed by atoms with Gasteiger partial charge in [-0.25, -0.2) is 19.3 Å². The summed E-state index contributed by atoms with van der Waals surface area (Å²) < 4.78 is 62.7. The van der Waals surface area contributed by atoms with Gasteiger partial charge in [0, 0.05) is 24.7 Å². The molecule has 1 N–H and O–H groups in total. The van der Waals surface area contributed by atoms with Crippen LogP contribution >= 0.6 is 11.8 Å². The van der Waals surface area contributed by atoms with Crippen molar-refractivity contribution >= 4 is 28.7 Å². The second-order valence-electron chi connectivity index (χ2n) is 8.10. The van der Waals surface area contributed by atoms with Crippen LogP contribution in [0.15, 0.2) is 24.5 Å². The minimum absolute atomic E-state index is 0.0466. The number of alkyl halides is 3. The van der Waals surface area contributed by atoms with Gasteiger partial charge in [0.25, 0.3) is 11.8 Å². The molecule has 4 heterocycles. The summed E-state index contributed by atoms with van der Waals surface area (Å²) in [5.41, 5.74) is 0.609. The lowest BCUT2D eigenvalue weighted by molar-refractivity contribution is -0.153. The van der Waals surface area contributed by atoms with Gasteiger partial charge in [-0.2, -0.15) is 24.9 Å². The van der Waals surface area contributed by atoms with E-state index in [0.717, 1.165) is 36.6 Å². The Kier molecular flexibility index (Phi) is 6.56. The van der Waals surface area contributed by atoms with Crippen molar-refractivity contribution in [2.24, 2.45) is 7.05 Å². The molecule has 182 valence electrons. The number of carbonyl (C=O) groups excluding carboxylic acids is 1. The van der Waals surface area contributed by atoms with Gasteiger partial charge < -0.3 is 19.4 Å². The Hall–Kier alpha value is -3.09. The standard InChI is InChI=1S/C21H21F4N5O3S/c1-20(3-5-34-6-4-20)29-18(31)17-28-13-10-26-16(8-14(13)30(17)2)33-19-15(7-12(22)9-27-19)32-11-21(23,24)25/h7-10H,3-6,11H2,1-2H3,(H,29,31). The van der Waals surface area contributed by atoms with E-state index < -0.39 is 24.3 Å². The first-order chi connectivity index (χ1) is 16.0. The summed E-state index contributed by atoms with van der Waals surface area (Å²) in [7, 11) is 1.65. The monoisotopic (exact) mass is 499 g/mol. The number of nitrogens with one attached hydrogen (secondary N) is 1. The van der Waals surface area contributed by atoms with Gasteiger partial charge in [-0.15, -0.1) is 0 Å². The van der Waals surface area contributed by atoms with Crippen molar-refractivity contribution in [1.29, 1.82) is 0 Å². The molecule has 13 heteroatoms. The average Bonchev–Trinajstić information content (AvgIpc) is 3.10. The van der Waals surface area contributed by atoms with Gasteiger partial charge in [-0.3, -0.25) is 4.79 Å². The zero-order valence-corrected chi connectivity index (χ0v) is 19.1. The number of nitrogens with zero attached hydrogens (tertiary/aromatic N) is 4. The van der Waals surface area contributed by atoms with Crippen LogP contribution in [-0.4, -0.2) is 55.3 Å². The van der Waals surface area contributed by atoms with Crippen LogP contribution in [0.3, 0.4) is 0 Å². The third-order valence-corrected chi connectivity index (χ3v) is 6.32. The number of thioether (sulfide) groups is 1. The number of amides is 1. The summed E-state index contributed by atoms with van der Waals surface area (Å²) >= 11 is 1.85. The third-order valence-electron chi connectivity index (χ3n) is 5.33. The zero-order valence-electron chi connectivity index (χ0n) is 18.3. The van der Waals surface area contributed by atoms with Crippen molar-refractivity contribution in [3.05, 3.63) is 36.2 Å². The fourth-order valence-electron chi connectivity index (χ4n) is 3.46. The molecule has 1 aliphatic rings. The number of fused-ring (bicyclic) bond motifs is 1. The molecule has 0 atom stereocenters. The normalized spacial score (nSPS) is 15.8. The molecule has 1 amide bonds. The molecule has 3 aromatic heterocycles. The first kappa shape index (κ1) is 24.0. The summed E-state index contributed by atoms with van der Waals surface area (Å²) in [5.74, 6) is -0.0494. The maximum absolute atomic E-state index is 13.5. The van der Waals surface area contributed by atoms with Crippen molar-refractivity contribution in [2.45, 2.75) is 31.5 Å². The van der Waals surface area contributed by atoms with E-state index in [1.54, 1.807) is 11.6 Å². The van der Waals surface area contributed by atoms with E-state index in [4.69, 9.17) is 4.74 Å². The number of pyridine rings is 2. The van der Waals surface area contributed by atoms with Crippen molar-refractivity contribution in [3.8, 4) is 17.5 Å². The van der Waals surface area contributed by atoms with Crippen molar-refractivity contribution < 1.29 is 31.8 Å². The van der Waals surface area contributed by atoms with Gasteiger partial charge in [0.15, 0.2) is 18.2 Å². The lowest BCUT2D eigenvalue weighted by Crippen LogP contribution is -2.48. The van der Waals surface area contributed by atoms with E-state index in [9.17, 15) is 22.4 Å². The predicted molar refractivity (Wildman–Crippen MR) is 117 cm³/mol. The van der Waals surface area contributed by atoms with Crippen LogP contribution < -0.4 is 14.8 Å². The highest BCUT2D eigenvalue weighted by molar-refractivity contribution is 7.99. The molecule has 0 aromatic carbocycles. The van der Waals surface area contributed by atoms with Crippen molar-refractivity contribution in [3.63, 3.8) is 0 Å². The van der Waals surface area contributed by atoms with Crippen molar-refractivity contribution in [2.75, 3.05) is 18.1 Å². The second-order valence-corrected chi connectivity index (χ2v) is 9.32. The van der Waals surface area contributed by atoms with E-state index in [1.807, 2.05) is 18.7 Å². The van der Waals surface area contributed by atoms with Crippen LogP contribution in [0.5, 0.6) is 17.5 Å². The average molecular weight is 499 g/mol. The maximum atomic E-state index is 13.5. The Morgan fingerprint density at radius 1 is 1.24 bits per heavy atom. The minimum Gasteiger partial charge on any atom is -0.478 e. The fourth-order valence-corrected chi connectivity index (χ4v) is 4.85. The van der Waals surface area contributed by atoms with E-state index in [2.05, 4.69) is 25.0 Å². The van der Waals surface area contributed by atoms with Gasteiger partial charge >= 0.3 is 6.18 Å². The molecule has 8 nitrogen and oxygen atoms in total. The highest BCUT2D eigenvalue weighted by Gasteiger charge is 2.31. The van der Waals surface area contributed by atoms with Gasteiger partial charge in [-0.1, -0.05) is 0 Å². The number of imidazole rings is 1. The number of ether oxygens (including phenoxy) is 2. The van der Waals surface area contributed by atoms with Gasteiger partial charge in [0.2, 0.25) is 5.88 Å². The van der Waals surface area contributed by atoms with Crippen LogP contribution in [-0.2, 0) is 7.05 Å². The molecule has 0 aliphatic carbocycles. The summed E-state index contributed by atoms with van der Waals surface area (Å²) in [4.78, 5) is 25.0. The zero-order chi connectivity index (χ0) is 24.5. The molecule has 0 spiro atoms. The SMILES string of the molecule is Cn1c(C(=O)NC2(C)CCSCC2)nc2cnc(Oc3ncc(F)cc3OCC(F)(F)F)cc21. The smallest absolute Gasteiger partial charge is 0.422 e. The summed E-state index contributed by atoms with van der Waals surface area (Å²) in [5, 5.41) is 3.07.